The molecule has 0 radical (unpaired) electrons. The molecule has 3 N–H and O–H groups in total. The lowest BCUT2D eigenvalue weighted by Crippen LogP contribution is -2.43. The van der Waals surface area contributed by atoms with Crippen molar-refractivity contribution >= 4 is 5.91 Å². The highest BCUT2D eigenvalue weighted by atomic mass is 16.1. The summed E-state index contributed by atoms with van der Waals surface area (Å²) < 4.78 is 0. The number of primary amides is 1. The van der Waals surface area contributed by atoms with Gasteiger partial charge in [-0.2, -0.15) is 0 Å². The molecule has 1 aromatic rings. The van der Waals surface area contributed by atoms with E-state index < -0.39 is 0 Å². The second-order valence-electron chi connectivity index (χ2n) is 4.44. The summed E-state index contributed by atoms with van der Waals surface area (Å²) in [7, 11) is 1.87. The number of benzene rings is 1. The molecular formula is C13H20N2O. The summed E-state index contributed by atoms with van der Waals surface area (Å²) in [5.74, 6) is -0.259. The van der Waals surface area contributed by atoms with Crippen LogP contribution in [0.25, 0.3) is 0 Å². The Hall–Kier alpha value is -1.35. The molecular weight excluding hydrogens is 200 g/mol. The molecule has 0 bridgehead atoms. The van der Waals surface area contributed by atoms with Gasteiger partial charge in [0, 0.05) is 12.0 Å². The maximum absolute atomic E-state index is 11.0. The summed E-state index contributed by atoms with van der Waals surface area (Å²) >= 11 is 0. The number of carbonyl (C=O) groups excluding carboxylic acids is 1. The van der Waals surface area contributed by atoms with E-state index in [0.717, 1.165) is 12.8 Å². The van der Waals surface area contributed by atoms with Gasteiger partial charge in [-0.3, -0.25) is 4.79 Å². The molecule has 1 aromatic carbocycles. The van der Waals surface area contributed by atoms with Crippen LogP contribution in [-0.2, 0) is 11.2 Å². The highest BCUT2D eigenvalue weighted by Crippen LogP contribution is 2.17. The Morgan fingerprint density at radius 2 is 2.00 bits per heavy atom. The molecule has 0 aliphatic heterocycles. The van der Waals surface area contributed by atoms with Gasteiger partial charge in [0.1, 0.15) is 0 Å². The normalized spacial score (nSPS) is 14.4. The van der Waals surface area contributed by atoms with E-state index >= 15 is 0 Å². The first-order chi connectivity index (χ1) is 7.56. The van der Waals surface area contributed by atoms with Gasteiger partial charge in [-0.05, 0) is 32.4 Å². The largest absolute Gasteiger partial charge is 0.370 e. The number of aryl methyl sites for hydroxylation is 1. The van der Waals surface area contributed by atoms with Gasteiger partial charge in [0.15, 0.2) is 0 Å². The van der Waals surface area contributed by atoms with Gasteiger partial charge in [-0.15, -0.1) is 0 Å². The summed E-state index contributed by atoms with van der Waals surface area (Å²) in [4.78, 5) is 11.0. The molecule has 1 unspecified atom stereocenters. The minimum atomic E-state index is -0.259. The van der Waals surface area contributed by atoms with Crippen molar-refractivity contribution < 1.29 is 4.79 Å². The third-order valence-corrected chi connectivity index (χ3v) is 2.98. The Morgan fingerprint density at radius 3 is 2.50 bits per heavy atom. The van der Waals surface area contributed by atoms with Crippen molar-refractivity contribution in [1.82, 2.24) is 5.32 Å². The summed E-state index contributed by atoms with van der Waals surface area (Å²) in [6.45, 7) is 2.03. The van der Waals surface area contributed by atoms with E-state index in [-0.39, 0.29) is 11.4 Å². The monoisotopic (exact) mass is 220 g/mol. The van der Waals surface area contributed by atoms with Crippen LogP contribution in [0.4, 0.5) is 0 Å². The van der Waals surface area contributed by atoms with Crippen LogP contribution < -0.4 is 11.1 Å². The molecule has 16 heavy (non-hydrogen) atoms. The van der Waals surface area contributed by atoms with Crippen molar-refractivity contribution in [3.05, 3.63) is 35.9 Å². The number of hydrogen-bond donors (Lipinski definition) is 2. The van der Waals surface area contributed by atoms with Crippen molar-refractivity contribution in [3.8, 4) is 0 Å². The molecule has 1 atom stereocenters. The molecule has 0 aliphatic carbocycles. The molecule has 0 spiro atoms. The van der Waals surface area contributed by atoms with E-state index in [1.807, 2.05) is 32.2 Å². The molecule has 3 nitrogen and oxygen atoms in total. The Balaban J connectivity index is 2.54. The second kappa shape index (κ2) is 5.66. The highest BCUT2D eigenvalue weighted by molar-refractivity contribution is 5.75. The summed E-state index contributed by atoms with van der Waals surface area (Å²) in [5.41, 5.74) is 6.32. The van der Waals surface area contributed by atoms with Gasteiger partial charge in [0.25, 0.3) is 0 Å². The quantitative estimate of drug-likeness (QED) is 0.763. The SMILES string of the molecule is CNC(C)(CCc1ccccc1)CC(N)=O. The minimum Gasteiger partial charge on any atom is -0.370 e. The molecule has 0 heterocycles. The second-order valence-corrected chi connectivity index (χ2v) is 4.44. The molecule has 0 aliphatic rings. The van der Waals surface area contributed by atoms with Crippen LogP contribution in [0.2, 0.25) is 0 Å². The number of rotatable bonds is 6. The van der Waals surface area contributed by atoms with Crippen LogP contribution >= 0.6 is 0 Å². The third kappa shape index (κ3) is 4.03. The lowest BCUT2D eigenvalue weighted by Gasteiger charge is -2.28. The fourth-order valence-corrected chi connectivity index (χ4v) is 1.75. The Morgan fingerprint density at radius 1 is 1.38 bits per heavy atom. The van der Waals surface area contributed by atoms with Gasteiger partial charge in [-0.1, -0.05) is 30.3 Å². The molecule has 3 heteroatoms. The zero-order valence-electron chi connectivity index (χ0n) is 9.99. The Labute approximate surface area is 97.0 Å². The van der Waals surface area contributed by atoms with Crippen molar-refractivity contribution in [2.75, 3.05) is 7.05 Å². The van der Waals surface area contributed by atoms with Gasteiger partial charge in [0.2, 0.25) is 5.91 Å². The molecule has 0 saturated carbocycles. The van der Waals surface area contributed by atoms with Crippen LogP contribution in [-0.4, -0.2) is 18.5 Å². The predicted octanol–water partition coefficient (Wildman–Crippen LogP) is 1.47. The van der Waals surface area contributed by atoms with Crippen LogP contribution in [0.5, 0.6) is 0 Å². The first-order valence-electron chi connectivity index (χ1n) is 5.57. The molecule has 0 saturated heterocycles. The molecule has 0 aromatic heterocycles. The molecule has 88 valence electrons. The maximum atomic E-state index is 11.0. The number of nitrogens with two attached hydrogens (primary N) is 1. The Bertz CT molecular complexity index is 337. The molecule has 0 fully saturated rings. The maximum Gasteiger partial charge on any atom is 0.219 e. The number of nitrogens with one attached hydrogen (secondary N) is 1. The minimum absolute atomic E-state index is 0.207. The van der Waals surface area contributed by atoms with Gasteiger partial charge >= 0.3 is 0 Å². The number of carbonyl (C=O) groups is 1. The summed E-state index contributed by atoms with van der Waals surface area (Å²) in [5, 5.41) is 3.18. The van der Waals surface area contributed by atoms with Crippen LogP contribution in [0.15, 0.2) is 30.3 Å². The average Bonchev–Trinajstić information content (AvgIpc) is 2.27. The van der Waals surface area contributed by atoms with Crippen molar-refractivity contribution in [2.45, 2.75) is 31.7 Å². The Kier molecular flexibility index (Phi) is 4.50. The van der Waals surface area contributed by atoms with E-state index in [1.165, 1.54) is 5.56 Å². The van der Waals surface area contributed by atoms with Crippen LogP contribution in [0.1, 0.15) is 25.3 Å². The summed E-state index contributed by atoms with van der Waals surface area (Å²) in [6, 6.07) is 10.3. The van der Waals surface area contributed by atoms with Gasteiger partial charge in [-0.25, -0.2) is 0 Å². The molecule has 1 rings (SSSR count). The van der Waals surface area contributed by atoms with E-state index in [4.69, 9.17) is 5.73 Å². The zero-order valence-corrected chi connectivity index (χ0v) is 9.99. The fourth-order valence-electron chi connectivity index (χ4n) is 1.75. The van der Waals surface area contributed by atoms with Crippen LogP contribution in [0, 0.1) is 0 Å². The third-order valence-electron chi connectivity index (χ3n) is 2.98. The van der Waals surface area contributed by atoms with E-state index in [2.05, 4.69) is 17.4 Å². The summed E-state index contributed by atoms with van der Waals surface area (Å²) in [6.07, 6.45) is 2.22. The lowest BCUT2D eigenvalue weighted by molar-refractivity contribution is -0.119. The number of amides is 1. The van der Waals surface area contributed by atoms with Crippen molar-refractivity contribution in [3.63, 3.8) is 0 Å². The first kappa shape index (κ1) is 12.7. The van der Waals surface area contributed by atoms with Crippen molar-refractivity contribution in [2.24, 2.45) is 5.73 Å². The predicted molar refractivity (Wildman–Crippen MR) is 66.0 cm³/mol. The van der Waals surface area contributed by atoms with E-state index in [0.29, 0.717) is 6.42 Å². The van der Waals surface area contributed by atoms with E-state index in [9.17, 15) is 4.79 Å². The molecule has 1 amide bonds. The average molecular weight is 220 g/mol. The van der Waals surface area contributed by atoms with Gasteiger partial charge < -0.3 is 11.1 Å². The first-order valence-corrected chi connectivity index (χ1v) is 5.57. The highest BCUT2D eigenvalue weighted by Gasteiger charge is 2.23. The van der Waals surface area contributed by atoms with Gasteiger partial charge in [0.05, 0.1) is 0 Å². The smallest absolute Gasteiger partial charge is 0.219 e. The van der Waals surface area contributed by atoms with E-state index in [1.54, 1.807) is 0 Å². The fraction of sp³-hybridized carbons (Fsp3) is 0.462. The number of hydrogen-bond acceptors (Lipinski definition) is 2. The topological polar surface area (TPSA) is 55.1 Å². The van der Waals surface area contributed by atoms with Crippen molar-refractivity contribution in [1.29, 1.82) is 0 Å². The van der Waals surface area contributed by atoms with Crippen LogP contribution in [0.3, 0.4) is 0 Å². The standard InChI is InChI=1S/C13H20N2O/c1-13(15-2,10-12(14)16)9-8-11-6-4-3-5-7-11/h3-7,15H,8-10H2,1-2H3,(H2,14,16). The lowest BCUT2D eigenvalue weighted by atomic mass is 9.90. The zero-order chi connectivity index (χ0) is 12.0.